The number of Topliss-reactive ketones (excluding diaryl/α,β-unsaturated/α-hetero) is 1. The van der Waals surface area contributed by atoms with Gasteiger partial charge in [-0.3, -0.25) is 14.4 Å². The van der Waals surface area contributed by atoms with Crippen LogP contribution in [0.3, 0.4) is 0 Å². The minimum Gasteiger partial charge on any atom is -0.451 e. The zero-order valence-electron chi connectivity index (χ0n) is 15.9. The first-order valence-electron chi connectivity index (χ1n) is 9.32. The lowest BCUT2D eigenvalue weighted by molar-refractivity contribution is -0.122. The second-order valence-corrected chi connectivity index (χ2v) is 7.12. The smallest absolute Gasteiger partial charge is 0.290 e. The number of rotatable bonds is 4. The SMILES string of the molecule is CC(=O)c1ccc(-c2ccc(C(=O)N3Cc4ccccc4C[C@@H]3C(N)=O)o2)cc1. The van der Waals surface area contributed by atoms with Gasteiger partial charge in [-0.2, -0.15) is 0 Å². The van der Waals surface area contributed by atoms with Gasteiger partial charge in [0.15, 0.2) is 11.5 Å². The van der Waals surface area contributed by atoms with Crippen LogP contribution in [0.25, 0.3) is 11.3 Å². The molecule has 0 unspecified atom stereocenters. The standard InChI is InChI=1S/C23H20N2O4/c1-14(26)15-6-8-16(9-7-15)20-10-11-21(29-20)23(28)25-13-18-5-3-2-4-17(18)12-19(25)22(24)27/h2-11,19H,12-13H2,1H3,(H2,24,27)/t19-/m1/s1. The molecule has 2 N–H and O–H groups in total. The molecule has 6 nitrogen and oxygen atoms in total. The Labute approximate surface area is 167 Å². The number of nitrogens with zero attached hydrogens (tertiary/aromatic N) is 1. The van der Waals surface area contributed by atoms with Crippen LogP contribution < -0.4 is 5.73 Å². The van der Waals surface area contributed by atoms with E-state index in [0.29, 0.717) is 24.3 Å². The van der Waals surface area contributed by atoms with Crippen LogP contribution in [-0.2, 0) is 17.8 Å². The largest absolute Gasteiger partial charge is 0.451 e. The Balaban J connectivity index is 1.61. The van der Waals surface area contributed by atoms with Gasteiger partial charge in [-0.1, -0.05) is 48.5 Å². The average molecular weight is 388 g/mol. The van der Waals surface area contributed by atoms with E-state index in [1.165, 1.54) is 11.8 Å². The third kappa shape index (κ3) is 3.57. The summed E-state index contributed by atoms with van der Waals surface area (Å²) in [6.45, 7) is 1.80. The molecule has 0 saturated heterocycles. The number of fused-ring (bicyclic) bond motifs is 1. The van der Waals surface area contributed by atoms with E-state index in [1.807, 2.05) is 24.3 Å². The van der Waals surface area contributed by atoms with Gasteiger partial charge in [0.2, 0.25) is 5.91 Å². The number of hydrogen-bond acceptors (Lipinski definition) is 4. The molecule has 1 aliphatic rings. The normalized spacial score (nSPS) is 15.6. The van der Waals surface area contributed by atoms with Crippen LogP contribution in [-0.4, -0.2) is 28.5 Å². The number of amides is 2. The Bertz CT molecular complexity index is 1100. The maximum absolute atomic E-state index is 13.1. The fourth-order valence-corrected chi connectivity index (χ4v) is 3.61. The average Bonchev–Trinajstić information content (AvgIpc) is 3.22. The molecule has 29 heavy (non-hydrogen) atoms. The van der Waals surface area contributed by atoms with Gasteiger partial charge in [0.1, 0.15) is 11.8 Å². The van der Waals surface area contributed by atoms with Gasteiger partial charge in [-0.15, -0.1) is 0 Å². The van der Waals surface area contributed by atoms with Crippen LogP contribution in [0.1, 0.15) is 39.0 Å². The molecule has 0 spiro atoms. The van der Waals surface area contributed by atoms with Crippen molar-refractivity contribution in [3.8, 4) is 11.3 Å². The highest BCUT2D eigenvalue weighted by Crippen LogP contribution is 2.28. The summed E-state index contributed by atoms with van der Waals surface area (Å²) >= 11 is 0. The fourth-order valence-electron chi connectivity index (χ4n) is 3.61. The van der Waals surface area contributed by atoms with Crippen molar-refractivity contribution >= 4 is 17.6 Å². The van der Waals surface area contributed by atoms with Crippen LogP contribution in [0, 0.1) is 0 Å². The molecule has 2 amide bonds. The minimum atomic E-state index is -0.721. The number of carbonyl (C=O) groups is 3. The summed E-state index contributed by atoms with van der Waals surface area (Å²) in [7, 11) is 0. The van der Waals surface area contributed by atoms with Gasteiger partial charge in [0.25, 0.3) is 5.91 Å². The second-order valence-electron chi connectivity index (χ2n) is 7.12. The summed E-state index contributed by atoms with van der Waals surface area (Å²) in [6, 6.07) is 17.2. The summed E-state index contributed by atoms with van der Waals surface area (Å²) < 4.78 is 5.77. The number of primary amides is 1. The van der Waals surface area contributed by atoms with Gasteiger partial charge in [-0.25, -0.2) is 0 Å². The first-order valence-corrected chi connectivity index (χ1v) is 9.32. The summed E-state index contributed by atoms with van der Waals surface area (Å²) in [4.78, 5) is 38.0. The maximum Gasteiger partial charge on any atom is 0.290 e. The maximum atomic E-state index is 13.1. The van der Waals surface area contributed by atoms with Crippen LogP contribution >= 0.6 is 0 Å². The van der Waals surface area contributed by atoms with Crippen molar-refractivity contribution in [2.75, 3.05) is 0 Å². The molecule has 146 valence electrons. The topological polar surface area (TPSA) is 93.6 Å². The number of nitrogens with two attached hydrogens (primary N) is 1. The van der Waals surface area contributed by atoms with E-state index in [1.54, 1.807) is 36.4 Å². The van der Waals surface area contributed by atoms with Gasteiger partial charge in [0, 0.05) is 24.1 Å². The summed E-state index contributed by atoms with van der Waals surface area (Å²) in [5.41, 5.74) is 8.94. The monoisotopic (exact) mass is 388 g/mol. The Morgan fingerprint density at radius 3 is 2.31 bits per heavy atom. The van der Waals surface area contributed by atoms with Gasteiger partial charge >= 0.3 is 0 Å². The molecule has 2 heterocycles. The molecule has 3 aromatic rings. The molecule has 4 rings (SSSR count). The van der Waals surface area contributed by atoms with E-state index in [4.69, 9.17) is 10.2 Å². The molecule has 0 saturated carbocycles. The fraction of sp³-hybridized carbons (Fsp3) is 0.174. The molecule has 0 fully saturated rings. The molecule has 0 aliphatic carbocycles. The summed E-state index contributed by atoms with van der Waals surface area (Å²) in [5, 5.41) is 0. The first kappa shape index (κ1) is 18.7. The van der Waals surface area contributed by atoms with Gasteiger partial charge in [0.05, 0.1) is 0 Å². The van der Waals surface area contributed by atoms with E-state index < -0.39 is 11.9 Å². The molecule has 6 heteroatoms. The third-order valence-electron chi connectivity index (χ3n) is 5.23. The number of furan rings is 1. The first-order chi connectivity index (χ1) is 13.9. The van der Waals surface area contributed by atoms with Crippen molar-refractivity contribution in [3.63, 3.8) is 0 Å². The van der Waals surface area contributed by atoms with Crippen LogP contribution in [0.15, 0.2) is 65.1 Å². The number of carbonyl (C=O) groups excluding carboxylic acids is 3. The molecule has 1 atom stereocenters. The number of hydrogen-bond donors (Lipinski definition) is 1. The highest BCUT2D eigenvalue weighted by Gasteiger charge is 2.35. The van der Waals surface area contributed by atoms with E-state index >= 15 is 0 Å². The predicted molar refractivity (Wildman–Crippen MR) is 107 cm³/mol. The zero-order chi connectivity index (χ0) is 20.5. The molecule has 0 radical (unpaired) electrons. The number of benzene rings is 2. The van der Waals surface area contributed by atoms with Crippen molar-refractivity contribution in [1.82, 2.24) is 4.90 Å². The Kier molecular flexibility index (Phi) is 4.76. The molecule has 2 aromatic carbocycles. The molecular weight excluding hydrogens is 368 g/mol. The van der Waals surface area contributed by atoms with E-state index in [9.17, 15) is 14.4 Å². The lowest BCUT2D eigenvalue weighted by Gasteiger charge is -2.34. The Morgan fingerprint density at radius 2 is 1.66 bits per heavy atom. The van der Waals surface area contributed by atoms with Crippen LogP contribution in [0.5, 0.6) is 0 Å². The Hall–Kier alpha value is -3.67. The van der Waals surface area contributed by atoms with Gasteiger partial charge < -0.3 is 15.1 Å². The predicted octanol–water partition coefficient (Wildman–Crippen LogP) is 3.20. The molecule has 1 aliphatic heterocycles. The third-order valence-corrected chi connectivity index (χ3v) is 5.23. The highest BCUT2D eigenvalue weighted by atomic mass is 16.4. The molecular formula is C23H20N2O4. The quantitative estimate of drug-likeness (QED) is 0.695. The van der Waals surface area contributed by atoms with E-state index in [-0.39, 0.29) is 17.5 Å². The lowest BCUT2D eigenvalue weighted by Crippen LogP contribution is -2.51. The minimum absolute atomic E-state index is 0.0188. The molecule has 1 aromatic heterocycles. The Morgan fingerprint density at radius 1 is 0.966 bits per heavy atom. The lowest BCUT2D eigenvalue weighted by atomic mass is 9.93. The van der Waals surface area contributed by atoms with Crippen molar-refractivity contribution in [2.45, 2.75) is 25.9 Å². The van der Waals surface area contributed by atoms with Crippen molar-refractivity contribution < 1.29 is 18.8 Å². The van der Waals surface area contributed by atoms with Crippen molar-refractivity contribution in [2.24, 2.45) is 5.73 Å². The van der Waals surface area contributed by atoms with Crippen molar-refractivity contribution in [3.05, 3.63) is 83.1 Å². The van der Waals surface area contributed by atoms with Gasteiger partial charge in [-0.05, 0) is 30.2 Å². The zero-order valence-corrected chi connectivity index (χ0v) is 15.9. The highest BCUT2D eigenvalue weighted by molar-refractivity contribution is 5.96. The summed E-state index contributed by atoms with van der Waals surface area (Å²) in [6.07, 6.45) is 0.386. The molecule has 0 bridgehead atoms. The summed E-state index contributed by atoms with van der Waals surface area (Å²) in [5.74, 6) is -0.290. The van der Waals surface area contributed by atoms with Crippen LogP contribution in [0.2, 0.25) is 0 Å². The van der Waals surface area contributed by atoms with E-state index in [2.05, 4.69) is 0 Å². The van der Waals surface area contributed by atoms with Crippen molar-refractivity contribution in [1.29, 1.82) is 0 Å². The van der Waals surface area contributed by atoms with E-state index in [0.717, 1.165) is 16.7 Å². The second kappa shape index (κ2) is 7.39. The van der Waals surface area contributed by atoms with Crippen LogP contribution in [0.4, 0.5) is 0 Å². The number of ketones is 1.